The van der Waals surface area contributed by atoms with Crippen LogP contribution in [0.1, 0.15) is 89.8 Å². The molecule has 4 fully saturated rings. The largest absolute Gasteiger partial charge is 0.462 e. The first-order valence-electron chi connectivity index (χ1n) is 27.6. The molecular weight excluding hydrogens is 1060 g/mol. The molecule has 3 amide bonds. The van der Waals surface area contributed by atoms with Gasteiger partial charge in [-0.25, -0.2) is 13.6 Å². The van der Waals surface area contributed by atoms with Crippen molar-refractivity contribution in [2.24, 2.45) is 5.41 Å². The van der Waals surface area contributed by atoms with Crippen molar-refractivity contribution in [3.63, 3.8) is 0 Å². The third-order valence-electron chi connectivity index (χ3n) is 16.2. The van der Waals surface area contributed by atoms with Gasteiger partial charge in [0.05, 0.1) is 40.0 Å². The number of nitrogens with two attached hydrogens (primary N) is 1. The molecule has 0 aliphatic carbocycles. The van der Waals surface area contributed by atoms with Crippen molar-refractivity contribution in [2.75, 3.05) is 63.2 Å². The molecule has 6 N–H and O–H groups in total. The van der Waals surface area contributed by atoms with E-state index in [0.29, 0.717) is 43.9 Å². The lowest BCUT2D eigenvalue weighted by Crippen LogP contribution is -2.58. The smallest absolute Gasteiger partial charge is 0.319 e. The van der Waals surface area contributed by atoms with Crippen LogP contribution in [0.15, 0.2) is 66.7 Å². The number of likely N-dealkylation sites (tertiary alicyclic amines) is 2. The molecule has 3 unspecified atom stereocenters. The average molecular weight is 1130 g/mol. The standard InChI is InChI=1S/C60H69ClF2N10O6S/c1-33-11-7-8-13-41(33)36-16-14-35(15-17-36)34(2)66-57(76)46-27-40(74)31-73(46)58(77)54(60(3,4)5)68-47(75)22-26-78-25-10-24-71-23-9-12-39(71)32-79-59-69-51-43(56(70-59)72-29-37-18-19-38(30-72)67-37)28-44(61)48(50(51)63)42-20-21-45(62)53-49(42)52(65-6)55(64)80-53/h7-8,11,13-17,20-21,28,34,37-40,46,54,67,74H,9-10,12,18-19,22-27,29-32,64H2,1-5H3,(H,66,76)(H,68,75)/t34-,37?,38?,39?,40+,46-,54+/m0/s1. The van der Waals surface area contributed by atoms with Crippen molar-refractivity contribution in [1.29, 1.82) is 0 Å². The number of anilines is 2. The lowest BCUT2D eigenvalue weighted by Gasteiger charge is -2.35. The fraction of sp³-hybridized carbons (Fsp3) is 0.467. The van der Waals surface area contributed by atoms with Crippen LogP contribution in [-0.4, -0.2) is 131 Å². The second-order valence-corrected chi connectivity index (χ2v) is 24.3. The fourth-order valence-electron chi connectivity index (χ4n) is 12.0. The van der Waals surface area contributed by atoms with Crippen LogP contribution in [0.2, 0.25) is 5.02 Å². The van der Waals surface area contributed by atoms with E-state index in [4.69, 9.17) is 38.4 Å². The van der Waals surface area contributed by atoms with E-state index >= 15 is 8.78 Å². The molecule has 0 saturated carbocycles. The van der Waals surface area contributed by atoms with Gasteiger partial charge in [0.15, 0.2) is 5.82 Å². The number of hydrogen-bond donors (Lipinski definition) is 5. The van der Waals surface area contributed by atoms with Gasteiger partial charge >= 0.3 is 6.01 Å². The first kappa shape index (κ1) is 56.7. The number of nitrogens with one attached hydrogen (secondary N) is 3. The van der Waals surface area contributed by atoms with Crippen LogP contribution in [0.4, 0.5) is 25.3 Å². The zero-order chi connectivity index (χ0) is 56.6. The second kappa shape index (κ2) is 23.9. The summed E-state index contributed by atoms with van der Waals surface area (Å²) in [4.78, 5) is 60.5. The minimum absolute atomic E-state index is 0.00250. The van der Waals surface area contributed by atoms with E-state index in [2.05, 4.69) is 54.6 Å². The number of aliphatic hydroxyl groups is 1. The molecule has 2 aromatic heterocycles. The molecule has 6 heterocycles. The first-order valence-corrected chi connectivity index (χ1v) is 28.8. The number of halogens is 3. The molecular formula is C60H69ClF2N10O6S. The highest BCUT2D eigenvalue weighted by Gasteiger charge is 2.45. The van der Waals surface area contributed by atoms with E-state index < -0.39 is 41.1 Å². The van der Waals surface area contributed by atoms with Gasteiger partial charge in [0.2, 0.25) is 23.4 Å². The molecule has 7 atom stereocenters. The summed E-state index contributed by atoms with van der Waals surface area (Å²) in [5.41, 5.74) is 9.97. The highest BCUT2D eigenvalue weighted by Crippen LogP contribution is 2.49. The Morgan fingerprint density at radius 3 is 2.48 bits per heavy atom. The lowest BCUT2D eigenvalue weighted by molar-refractivity contribution is -0.144. The van der Waals surface area contributed by atoms with Crippen molar-refractivity contribution < 1.29 is 37.7 Å². The number of rotatable bonds is 18. The maximum atomic E-state index is 17.3. The number of fused-ring (bicyclic) bond motifs is 4. The molecule has 0 radical (unpaired) electrons. The topological polar surface area (TPSA) is 192 Å². The maximum absolute atomic E-state index is 17.3. The van der Waals surface area contributed by atoms with Gasteiger partial charge in [0.25, 0.3) is 0 Å². The number of carbonyl (C=O) groups is 3. The van der Waals surface area contributed by atoms with Gasteiger partial charge in [-0.15, -0.1) is 11.3 Å². The number of piperazine rings is 1. The Balaban J connectivity index is 0.735. The third-order valence-corrected chi connectivity index (χ3v) is 17.5. The molecule has 4 aromatic carbocycles. The molecule has 4 aliphatic heterocycles. The number of nitrogen functional groups attached to an aromatic ring is 1. The Kier molecular flexibility index (Phi) is 16.9. The quantitative estimate of drug-likeness (QED) is 0.0405. The second-order valence-electron chi connectivity index (χ2n) is 22.8. The monoisotopic (exact) mass is 1130 g/mol. The van der Waals surface area contributed by atoms with Gasteiger partial charge in [-0.2, -0.15) is 9.97 Å². The number of nitrogens with zero attached hydrogens (tertiary/aromatic N) is 6. The summed E-state index contributed by atoms with van der Waals surface area (Å²) in [6, 6.07) is 18.8. The fourth-order valence-corrected chi connectivity index (χ4v) is 13.2. The summed E-state index contributed by atoms with van der Waals surface area (Å²) in [6.07, 6.45) is 3.73. The van der Waals surface area contributed by atoms with E-state index in [9.17, 15) is 19.5 Å². The molecule has 6 aromatic rings. The molecule has 20 heteroatoms. The molecule has 4 saturated heterocycles. The van der Waals surface area contributed by atoms with Crippen LogP contribution >= 0.6 is 22.9 Å². The molecule has 422 valence electrons. The van der Waals surface area contributed by atoms with Crippen molar-refractivity contribution >= 4 is 78.2 Å². The zero-order valence-electron chi connectivity index (χ0n) is 45.8. The van der Waals surface area contributed by atoms with Gasteiger partial charge in [-0.3, -0.25) is 19.3 Å². The van der Waals surface area contributed by atoms with E-state index in [1.54, 1.807) is 6.07 Å². The minimum Gasteiger partial charge on any atom is -0.462 e. The lowest BCUT2D eigenvalue weighted by atomic mass is 9.85. The zero-order valence-corrected chi connectivity index (χ0v) is 47.4. The Morgan fingerprint density at radius 2 is 1.75 bits per heavy atom. The normalized spacial score (nSPS) is 21.0. The van der Waals surface area contributed by atoms with Gasteiger partial charge in [-0.1, -0.05) is 87.0 Å². The summed E-state index contributed by atoms with van der Waals surface area (Å²) in [6.45, 7) is 20.9. The van der Waals surface area contributed by atoms with Gasteiger partial charge in [0, 0.05) is 80.1 Å². The number of aryl methyl sites for hydroxylation is 1. The SMILES string of the molecule is [C-]#[N+]c1c(N)sc2c(F)ccc(-c3c(Cl)cc4c(N5CC6CCC(C5)N6)nc(OCC5CCCN5CCCOCCC(=O)N[C@H](C(=O)N5C[C@H](O)C[C@H]5C(=O)N[C@@H](C)c5ccc(-c6ccccc6C)cc5)C(C)(C)C)nc4c3F)c12. The number of ether oxygens (including phenoxy) is 2. The third kappa shape index (κ3) is 11.9. The highest BCUT2D eigenvalue weighted by molar-refractivity contribution is 7.23. The van der Waals surface area contributed by atoms with E-state index in [-0.39, 0.29) is 117 Å². The average Bonchev–Trinajstić information content (AvgIpc) is 4.26. The van der Waals surface area contributed by atoms with Crippen molar-refractivity contribution in [2.45, 2.75) is 122 Å². The van der Waals surface area contributed by atoms with Crippen LogP contribution in [0.3, 0.4) is 0 Å². The van der Waals surface area contributed by atoms with Crippen LogP contribution in [0, 0.1) is 30.5 Å². The van der Waals surface area contributed by atoms with E-state index in [0.717, 1.165) is 65.8 Å². The predicted octanol–water partition coefficient (Wildman–Crippen LogP) is 9.50. The Morgan fingerprint density at radius 1 is 1.00 bits per heavy atom. The molecule has 4 aliphatic rings. The van der Waals surface area contributed by atoms with Crippen molar-refractivity contribution in [3.8, 4) is 28.3 Å². The number of carbonyl (C=O) groups excluding carboxylic acids is 3. The summed E-state index contributed by atoms with van der Waals surface area (Å²) in [5, 5.41) is 21.2. The Hall–Kier alpha value is -6.53. The number of thiophene rings is 1. The molecule has 16 nitrogen and oxygen atoms in total. The number of aliphatic hydroxyl groups excluding tert-OH is 1. The number of β-amino-alcohol motifs (C(OH)–C–C–N with tert-alkyl or cyclic N) is 1. The molecule has 2 bridgehead atoms. The van der Waals surface area contributed by atoms with E-state index in [1.807, 2.05) is 64.1 Å². The van der Waals surface area contributed by atoms with E-state index in [1.165, 1.54) is 17.0 Å². The van der Waals surface area contributed by atoms with Gasteiger partial charge < -0.3 is 46.1 Å². The van der Waals surface area contributed by atoms with Crippen LogP contribution in [0.25, 0.3) is 48.1 Å². The predicted molar refractivity (Wildman–Crippen MR) is 309 cm³/mol. The summed E-state index contributed by atoms with van der Waals surface area (Å²) in [5.74, 6) is -1.97. The summed E-state index contributed by atoms with van der Waals surface area (Å²) < 4.78 is 44.9. The van der Waals surface area contributed by atoms with Crippen LogP contribution in [0.5, 0.6) is 6.01 Å². The molecule has 0 spiro atoms. The Labute approximate surface area is 474 Å². The maximum Gasteiger partial charge on any atom is 0.319 e. The minimum atomic E-state index is -0.964. The highest BCUT2D eigenvalue weighted by atomic mass is 35.5. The van der Waals surface area contributed by atoms with Crippen LogP contribution in [-0.2, 0) is 19.1 Å². The summed E-state index contributed by atoms with van der Waals surface area (Å²) >= 11 is 7.89. The van der Waals surface area contributed by atoms with Crippen molar-refractivity contribution in [3.05, 3.63) is 106 Å². The molecule has 80 heavy (non-hydrogen) atoms. The van der Waals surface area contributed by atoms with Crippen molar-refractivity contribution in [1.82, 2.24) is 35.7 Å². The van der Waals surface area contributed by atoms with Gasteiger partial charge in [-0.05, 0) is 97.9 Å². The summed E-state index contributed by atoms with van der Waals surface area (Å²) in [7, 11) is 0. The number of hydrogen-bond acceptors (Lipinski definition) is 13. The number of aromatic nitrogens is 2. The number of benzene rings is 4. The van der Waals surface area contributed by atoms with Crippen LogP contribution < -0.4 is 31.3 Å². The Bertz CT molecular complexity index is 3340. The number of amides is 3. The first-order chi connectivity index (χ1) is 38.4. The van der Waals surface area contributed by atoms with Gasteiger partial charge in [0.1, 0.15) is 35.8 Å². The molecule has 10 rings (SSSR count).